The van der Waals surface area contributed by atoms with Crippen molar-refractivity contribution in [1.29, 1.82) is 0 Å². The van der Waals surface area contributed by atoms with Gasteiger partial charge in [-0.05, 0) is 66.7 Å². The summed E-state index contributed by atoms with van der Waals surface area (Å²) in [7, 11) is 0. The molecule has 0 atom stereocenters. The lowest BCUT2D eigenvalue weighted by Crippen LogP contribution is -2.34. The molecule has 2 N–H and O–H groups in total. The topological polar surface area (TPSA) is 59.6 Å². The van der Waals surface area contributed by atoms with Crippen molar-refractivity contribution in [3.8, 4) is 11.5 Å². The van der Waals surface area contributed by atoms with Gasteiger partial charge in [0, 0.05) is 10.2 Å². The molecule has 0 aliphatic heterocycles. The van der Waals surface area contributed by atoms with E-state index in [1.807, 2.05) is 67.6 Å². The van der Waals surface area contributed by atoms with Gasteiger partial charge in [0.15, 0.2) is 5.11 Å². The van der Waals surface area contributed by atoms with Gasteiger partial charge in [-0.3, -0.25) is 10.1 Å². The van der Waals surface area contributed by atoms with Crippen LogP contribution in [0.4, 0.5) is 5.69 Å². The summed E-state index contributed by atoms with van der Waals surface area (Å²) in [6.07, 6.45) is 0.849. The summed E-state index contributed by atoms with van der Waals surface area (Å²) in [6, 6.07) is 22.6. The molecular formula is C24H23BrN2O3S. The number of carbonyl (C=O) groups excluding carboxylic acids is 1. The zero-order valence-corrected chi connectivity index (χ0v) is 19.5. The Morgan fingerprint density at radius 2 is 1.74 bits per heavy atom. The van der Waals surface area contributed by atoms with Crippen molar-refractivity contribution in [2.45, 2.75) is 20.0 Å². The van der Waals surface area contributed by atoms with Crippen LogP contribution in [0.5, 0.6) is 11.5 Å². The molecule has 0 aromatic heterocycles. The fourth-order valence-corrected chi connectivity index (χ4v) is 3.30. The number of benzene rings is 3. The third kappa shape index (κ3) is 7.08. The van der Waals surface area contributed by atoms with Gasteiger partial charge in [0.2, 0.25) is 0 Å². The number of amides is 1. The zero-order valence-electron chi connectivity index (χ0n) is 17.1. The molecule has 0 aliphatic rings. The molecule has 3 aromatic rings. The normalized spacial score (nSPS) is 10.3. The van der Waals surface area contributed by atoms with Crippen molar-refractivity contribution in [3.05, 3.63) is 88.4 Å². The van der Waals surface area contributed by atoms with Crippen LogP contribution in [0.25, 0.3) is 0 Å². The minimum absolute atomic E-state index is 0.198. The third-order valence-electron chi connectivity index (χ3n) is 4.24. The van der Waals surface area contributed by atoms with Crippen LogP contribution in [0.15, 0.2) is 77.3 Å². The fraction of sp³-hybridized carbons (Fsp3) is 0.167. The maximum Gasteiger partial charge on any atom is 0.261 e. The molecule has 1 amide bonds. The third-order valence-corrected chi connectivity index (χ3v) is 4.93. The average Bonchev–Trinajstić information content (AvgIpc) is 2.78. The molecule has 0 saturated heterocycles. The molecule has 0 fully saturated rings. The summed E-state index contributed by atoms with van der Waals surface area (Å²) in [5.41, 5.74) is 2.26. The van der Waals surface area contributed by atoms with Crippen molar-refractivity contribution in [3.63, 3.8) is 0 Å². The molecular weight excluding hydrogens is 476 g/mol. The molecule has 0 saturated carbocycles. The molecule has 0 radical (unpaired) electrons. The lowest BCUT2D eigenvalue weighted by Gasteiger charge is -2.13. The Morgan fingerprint density at radius 3 is 2.45 bits per heavy atom. The first kappa shape index (κ1) is 22.8. The van der Waals surface area contributed by atoms with Gasteiger partial charge in [0.05, 0.1) is 12.2 Å². The van der Waals surface area contributed by atoms with Gasteiger partial charge >= 0.3 is 0 Å². The number of hydrogen-bond donors (Lipinski definition) is 2. The van der Waals surface area contributed by atoms with Gasteiger partial charge < -0.3 is 14.8 Å². The highest BCUT2D eigenvalue weighted by Gasteiger charge is 2.15. The first-order valence-electron chi connectivity index (χ1n) is 9.86. The van der Waals surface area contributed by atoms with Gasteiger partial charge in [-0.15, -0.1) is 0 Å². The average molecular weight is 499 g/mol. The van der Waals surface area contributed by atoms with Crippen LogP contribution in [-0.2, 0) is 6.61 Å². The van der Waals surface area contributed by atoms with E-state index in [2.05, 4.69) is 26.6 Å². The van der Waals surface area contributed by atoms with Crippen LogP contribution < -0.4 is 20.1 Å². The molecule has 5 nitrogen and oxygen atoms in total. The Morgan fingerprint density at radius 1 is 1.00 bits per heavy atom. The lowest BCUT2D eigenvalue weighted by atomic mass is 10.2. The van der Waals surface area contributed by atoms with E-state index in [4.69, 9.17) is 21.7 Å². The van der Waals surface area contributed by atoms with E-state index < -0.39 is 0 Å². The highest BCUT2D eigenvalue weighted by atomic mass is 79.9. The smallest absolute Gasteiger partial charge is 0.261 e. The molecule has 0 spiro atoms. The second-order valence-electron chi connectivity index (χ2n) is 6.70. The SMILES string of the molecule is CCCOc1ccc(Br)cc1C(=O)NC(=S)Nc1ccc(OCc2ccccc2)cc1. The monoisotopic (exact) mass is 498 g/mol. The minimum Gasteiger partial charge on any atom is -0.493 e. The van der Waals surface area contributed by atoms with Crippen molar-refractivity contribution in [2.24, 2.45) is 0 Å². The highest BCUT2D eigenvalue weighted by Crippen LogP contribution is 2.24. The van der Waals surface area contributed by atoms with E-state index >= 15 is 0 Å². The number of hydrogen-bond acceptors (Lipinski definition) is 4. The summed E-state index contributed by atoms with van der Waals surface area (Å²) >= 11 is 8.69. The van der Waals surface area contributed by atoms with Crippen molar-refractivity contribution in [1.82, 2.24) is 5.32 Å². The summed E-state index contributed by atoms with van der Waals surface area (Å²) < 4.78 is 12.2. The highest BCUT2D eigenvalue weighted by molar-refractivity contribution is 9.10. The van der Waals surface area contributed by atoms with Crippen molar-refractivity contribution in [2.75, 3.05) is 11.9 Å². The first-order valence-corrected chi connectivity index (χ1v) is 11.1. The molecule has 160 valence electrons. The van der Waals surface area contributed by atoms with E-state index in [0.717, 1.165) is 27.9 Å². The maximum absolute atomic E-state index is 12.7. The minimum atomic E-state index is -0.340. The van der Waals surface area contributed by atoms with E-state index in [9.17, 15) is 4.79 Å². The molecule has 7 heteroatoms. The molecule has 3 rings (SSSR count). The van der Waals surface area contributed by atoms with Gasteiger partial charge in [0.25, 0.3) is 5.91 Å². The van der Waals surface area contributed by atoms with Crippen LogP contribution in [0.1, 0.15) is 29.3 Å². The van der Waals surface area contributed by atoms with Gasteiger partial charge in [-0.25, -0.2) is 0 Å². The summed E-state index contributed by atoms with van der Waals surface area (Å²) in [5, 5.41) is 5.91. The Bertz CT molecular complexity index is 1030. The second-order valence-corrected chi connectivity index (χ2v) is 8.02. The molecule has 0 heterocycles. The van der Waals surface area contributed by atoms with E-state index in [0.29, 0.717) is 24.5 Å². The summed E-state index contributed by atoms with van der Waals surface area (Å²) in [5.74, 6) is 0.925. The molecule has 31 heavy (non-hydrogen) atoms. The van der Waals surface area contributed by atoms with E-state index in [-0.39, 0.29) is 11.0 Å². The Hall–Kier alpha value is -2.90. The maximum atomic E-state index is 12.7. The number of thiocarbonyl (C=S) groups is 1. The number of anilines is 1. The van der Waals surface area contributed by atoms with Gasteiger partial charge in [0.1, 0.15) is 18.1 Å². The van der Waals surface area contributed by atoms with Crippen LogP contribution in [0.3, 0.4) is 0 Å². The summed E-state index contributed by atoms with van der Waals surface area (Å²) in [4.78, 5) is 12.7. The van der Waals surface area contributed by atoms with E-state index in [1.165, 1.54) is 0 Å². The lowest BCUT2D eigenvalue weighted by molar-refractivity contribution is 0.0973. The van der Waals surface area contributed by atoms with Crippen LogP contribution in [-0.4, -0.2) is 17.6 Å². The number of carbonyl (C=O) groups is 1. The Labute approximate surface area is 195 Å². The number of ether oxygens (including phenoxy) is 2. The van der Waals surface area contributed by atoms with Crippen molar-refractivity contribution >= 4 is 44.9 Å². The number of halogens is 1. The standard InChI is InChI=1S/C24H23BrN2O3S/c1-2-14-29-22-13-8-18(25)15-21(22)23(28)27-24(31)26-19-9-11-20(12-10-19)30-16-17-6-4-3-5-7-17/h3-13,15H,2,14,16H2,1H3,(H2,26,27,28,31). The van der Waals surface area contributed by atoms with Gasteiger partial charge in [-0.1, -0.05) is 53.2 Å². The van der Waals surface area contributed by atoms with Crippen LogP contribution in [0, 0.1) is 0 Å². The summed E-state index contributed by atoms with van der Waals surface area (Å²) in [6.45, 7) is 3.04. The Kier molecular flexibility index (Phi) is 8.44. The van der Waals surface area contributed by atoms with Crippen LogP contribution in [0.2, 0.25) is 0 Å². The number of rotatable bonds is 8. The first-order chi connectivity index (χ1) is 15.0. The zero-order chi connectivity index (χ0) is 22.1. The van der Waals surface area contributed by atoms with Gasteiger partial charge in [-0.2, -0.15) is 0 Å². The quantitative estimate of drug-likeness (QED) is 0.376. The predicted octanol–water partition coefficient (Wildman–Crippen LogP) is 5.94. The molecule has 0 aliphatic carbocycles. The molecule has 0 bridgehead atoms. The van der Waals surface area contributed by atoms with Crippen molar-refractivity contribution < 1.29 is 14.3 Å². The predicted molar refractivity (Wildman–Crippen MR) is 131 cm³/mol. The number of nitrogens with one attached hydrogen (secondary N) is 2. The Balaban J connectivity index is 1.55. The molecule has 0 unspecified atom stereocenters. The van der Waals surface area contributed by atoms with E-state index in [1.54, 1.807) is 12.1 Å². The largest absolute Gasteiger partial charge is 0.493 e. The molecule has 3 aromatic carbocycles. The fourth-order valence-electron chi connectivity index (χ4n) is 2.73. The van der Waals surface area contributed by atoms with Crippen LogP contribution >= 0.6 is 28.1 Å². The second kappa shape index (κ2) is 11.5.